The van der Waals surface area contributed by atoms with Crippen LogP contribution in [0.4, 0.5) is 0 Å². The van der Waals surface area contributed by atoms with E-state index in [1.165, 1.54) is 67.2 Å². The predicted octanol–water partition coefficient (Wildman–Crippen LogP) is 4.96. The monoisotopic (exact) mass is 473 g/mol. The minimum absolute atomic E-state index is 0.00860. The second kappa shape index (κ2) is 11.9. The van der Waals surface area contributed by atoms with E-state index in [0.29, 0.717) is 0 Å². The fourth-order valence-corrected chi connectivity index (χ4v) is 5.37. The van der Waals surface area contributed by atoms with Crippen LogP contribution in [0.3, 0.4) is 0 Å². The smallest absolute Gasteiger partial charge is 0.150 e. The number of nitrogens with one attached hydrogen (secondary N) is 4. The molecule has 35 heavy (non-hydrogen) atoms. The van der Waals surface area contributed by atoms with Gasteiger partial charge in [0.2, 0.25) is 0 Å². The maximum atomic E-state index is 4.98. The Kier molecular flexibility index (Phi) is 8.21. The third-order valence-corrected chi connectivity index (χ3v) is 7.41. The lowest BCUT2D eigenvalue weighted by atomic mass is 9.86. The van der Waals surface area contributed by atoms with E-state index in [2.05, 4.69) is 82.1 Å². The number of nitrogens with zero attached hydrogens (tertiary/aromatic N) is 3. The van der Waals surface area contributed by atoms with Gasteiger partial charge in [0, 0.05) is 12.8 Å². The zero-order chi connectivity index (χ0) is 23.9. The highest BCUT2D eigenvalue weighted by Gasteiger charge is 2.19. The molecule has 0 radical (unpaired) electrons. The number of hydrogen-bond donors (Lipinski definition) is 4. The molecule has 2 fully saturated rings. The highest BCUT2D eigenvalue weighted by Crippen LogP contribution is 2.29. The molecule has 2 heterocycles. The van der Waals surface area contributed by atoms with Crippen molar-refractivity contribution in [3.8, 4) is 11.1 Å². The topological polar surface area (TPSA) is 78.8 Å². The van der Waals surface area contributed by atoms with Crippen molar-refractivity contribution in [2.75, 3.05) is 0 Å². The molecule has 0 atom stereocenters. The number of benzene rings is 2. The summed E-state index contributed by atoms with van der Waals surface area (Å²) < 4.78 is 2.17. The zero-order valence-electron chi connectivity index (χ0n) is 20.9. The van der Waals surface area contributed by atoms with E-state index < -0.39 is 0 Å². The van der Waals surface area contributed by atoms with Gasteiger partial charge in [0.05, 0.1) is 6.54 Å². The molecule has 0 spiro atoms. The first-order valence-electron chi connectivity index (χ1n) is 13.4. The summed E-state index contributed by atoms with van der Waals surface area (Å²) in [6.45, 7) is 3.01. The van der Waals surface area contributed by atoms with Crippen molar-refractivity contribution in [3.05, 3.63) is 71.3 Å². The molecule has 2 aromatic carbocycles. The molecule has 0 bridgehead atoms. The summed E-state index contributed by atoms with van der Waals surface area (Å²) in [7, 11) is 0. The molecule has 1 aromatic heterocycles. The maximum absolute atomic E-state index is 4.98. The van der Waals surface area contributed by atoms with Gasteiger partial charge in [0.15, 0.2) is 5.82 Å². The number of rotatable bonds is 10. The first-order valence-corrected chi connectivity index (χ1v) is 13.4. The van der Waals surface area contributed by atoms with E-state index in [4.69, 9.17) is 10.1 Å². The number of aromatic nitrogens is 3. The molecule has 7 heteroatoms. The Morgan fingerprint density at radius 1 is 0.914 bits per heavy atom. The summed E-state index contributed by atoms with van der Waals surface area (Å²) in [6, 6.07) is 17.4. The first-order chi connectivity index (χ1) is 17.3. The molecule has 0 unspecified atom stereocenters. The summed E-state index contributed by atoms with van der Waals surface area (Å²) in [5, 5.41) is 4.93. The molecule has 1 saturated carbocycles. The molecule has 1 aliphatic carbocycles. The standard InChI is InChI=1S/C28H39N7/c1-2-3-13-26-29-27(19-16-21-9-5-4-6-10-21)35(32-26)20-22-14-17-23(18-15-22)24-11-7-8-12-25(24)28-30-33-34-31-28/h7-8,11-12,14-15,17-18,21,28,30-31,33-34H,2-6,9-10,13,16,19-20H2,1H3. The Bertz CT molecular complexity index is 1060. The number of hydrogen-bond acceptors (Lipinski definition) is 6. The summed E-state index contributed by atoms with van der Waals surface area (Å²) in [5.41, 5.74) is 17.1. The normalized spacial score (nSPS) is 17.3. The molecule has 0 amide bonds. The Morgan fingerprint density at radius 3 is 2.46 bits per heavy atom. The summed E-state index contributed by atoms with van der Waals surface area (Å²) in [6.07, 6.45) is 12.6. The highest BCUT2D eigenvalue weighted by molar-refractivity contribution is 5.68. The van der Waals surface area contributed by atoms with E-state index in [1.807, 2.05) is 0 Å². The summed E-state index contributed by atoms with van der Waals surface area (Å²) in [5.74, 6) is 3.03. The van der Waals surface area contributed by atoms with Crippen LogP contribution in [0.25, 0.3) is 11.1 Å². The molecule has 3 aromatic rings. The Labute approximate surface area is 209 Å². The van der Waals surface area contributed by atoms with Crippen molar-refractivity contribution in [2.24, 2.45) is 5.92 Å². The molecule has 186 valence electrons. The summed E-state index contributed by atoms with van der Waals surface area (Å²) >= 11 is 0. The number of aryl methyl sites for hydroxylation is 2. The molecule has 2 aliphatic rings. The van der Waals surface area contributed by atoms with Crippen LogP contribution < -0.4 is 21.9 Å². The third-order valence-electron chi connectivity index (χ3n) is 7.41. The Hall–Kier alpha value is -2.58. The van der Waals surface area contributed by atoms with Crippen LogP contribution in [-0.2, 0) is 19.4 Å². The van der Waals surface area contributed by atoms with E-state index in [0.717, 1.165) is 43.4 Å². The lowest BCUT2D eigenvalue weighted by Crippen LogP contribution is -2.33. The lowest BCUT2D eigenvalue weighted by Gasteiger charge is -2.21. The van der Waals surface area contributed by atoms with E-state index in [1.54, 1.807) is 0 Å². The van der Waals surface area contributed by atoms with Crippen LogP contribution in [0, 0.1) is 5.92 Å². The van der Waals surface area contributed by atoms with Gasteiger partial charge in [-0.1, -0.05) is 94.0 Å². The second-order valence-corrected chi connectivity index (χ2v) is 10.0. The van der Waals surface area contributed by atoms with Crippen molar-refractivity contribution in [3.63, 3.8) is 0 Å². The summed E-state index contributed by atoms with van der Waals surface area (Å²) in [4.78, 5) is 4.98. The van der Waals surface area contributed by atoms with Crippen LogP contribution >= 0.6 is 0 Å². The second-order valence-electron chi connectivity index (χ2n) is 10.0. The number of unbranched alkanes of at least 4 members (excludes halogenated alkanes) is 1. The molecular formula is C28H39N7. The van der Waals surface area contributed by atoms with Crippen molar-refractivity contribution in [1.29, 1.82) is 0 Å². The zero-order valence-corrected chi connectivity index (χ0v) is 20.9. The molecule has 1 aliphatic heterocycles. The quantitative estimate of drug-likeness (QED) is 0.333. The molecule has 1 saturated heterocycles. The van der Waals surface area contributed by atoms with Crippen molar-refractivity contribution < 1.29 is 0 Å². The van der Waals surface area contributed by atoms with Crippen LogP contribution in [-0.4, -0.2) is 14.8 Å². The van der Waals surface area contributed by atoms with Crippen LogP contribution in [0.15, 0.2) is 48.5 Å². The first kappa shape index (κ1) is 24.1. The maximum Gasteiger partial charge on any atom is 0.150 e. The van der Waals surface area contributed by atoms with Gasteiger partial charge in [-0.2, -0.15) is 16.2 Å². The SMILES string of the molecule is CCCCc1nc(CCC2CCCCC2)n(Cc2ccc(-c3ccccc3C3NNNN3)cc2)n1. The van der Waals surface area contributed by atoms with Gasteiger partial charge < -0.3 is 0 Å². The average molecular weight is 474 g/mol. The fourth-order valence-electron chi connectivity index (χ4n) is 5.37. The Balaban J connectivity index is 1.31. The minimum atomic E-state index is 0.00860. The van der Waals surface area contributed by atoms with E-state index in [9.17, 15) is 0 Å². The van der Waals surface area contributed by atoms with E-state index >= 15 is 0 Å². The lowest BCUT2D eigenvalue weighted by molar-refractivity contribution is 0.335. The highest BCUT2D eigenvalue weighted by atomic mass is 15.8. The predicted molar refractivity (Wildman–Crippen MR) is 140 cm³/mol. The van der Waals surface area contributed by atoms with Crippen molar-refractivity contribution >= 4 is 0 Å². The molecule has 5 rings (SSSR count). The van der Waals surface area contributed by atoms with Crippen LogP contribution in [0.2, 0.25) is 0 Å². The van der Waals surface area contributed by atoms with Gasteiger partial charge >= 0.3 is 0 Å². The van der Waals surface area contributed by atoms with Crippen LogP contribution in [0.1, 0.15) is 87.2 Å². The van der Waals surface area contributed by atoms with E-state index in [-0.39, 0.29) is 6.17 Å². The van der Waals surface area contributed by atoms with Crippen molar-refractivity contribution in [1.82, 2.24) is 36.7 Å². The largest absolute Gasteiger partial charge is 0.245 e. The van der Waals surface area contributed by atoms with Gasteiger partial charge in [0.25, 0.3) is 0 Å². The van der Waals surface area contributed by atoms with Gasteiger partial charge in [0.1, 0.15) is 12.0 Å². The molecule has 7 nitrogen and oxygen atoms in total. The fraction of sp³-hybridized carbons (Fsp3) is 0.500. The van der Waals surface area contributed by atoms with Crippen molar-refractivity contribution in [2.45, 2.75) is 83.8 Å². The Morgan fingerprint density at radius 2 is 1.69 bits per heavy atom. The van der Waals surface area contributed by atoms with Gasteiger partial charge in [-0.3, -0.25) is 0 Å². The number of hydrazine groups is 3. The van der Waals surface area contributed by atoms with Gasteiger partial charge in [-0.15, -0.1) is 0 Å². The third kappa shape index (κ3) is 6.16. The minimum Gasteiger partial charge on any atom is -0.245 e. The molecule has 4 N–H and O–H groups in total. The van der Waals surface area contributed by atoms with Gasteiger partial charge in [-0.05, 0) is 41.0 Å². The molecular weight excluding hydrogens is 434 g/mol. The van der Waals surface area contributed by atoms with Gasteiger partial charge in [-0.25, -0.2) is 20.5 Å². The van der Waals surface area contributed by atoms with Crippen LogP contribution in [0.5, 0.6) is 0 Å². The average Bonchev–Trinajstić information content (AvgIpc) is 3.58.